The summed E-state index contributed by atoms with van der Waals surface area (Å²) in [6, 6.07) is 2.75. The van der Waals surface area contributed by atoms with E-state index in [-0.39, 0.29) is 0 Å². The van der Waals surface area contributed by atoms with Crippen LogP contribution in [0.25, 0.3) is 0 Å². The van der Waals surface area contributed by atoms with E-state index < -0.39 is 5.54 Å². The van der Waals surface area contributed by atoms with Crippen molar-refractivity contribution in [3.05, 3.63) is 12.5 Å². The van der Waals surface area contributed by atoms with E-state index in [9.17, 15) is 5.26 Å². The lowest BCUT2D eigenvalue weighted by atomic mass is 9.91. The summed E-state index contributed by atoms with van der Waals surface area (Å²) in [5.74, 6) is 0.920. The van der Waals surface area contributed by atoms with Crippen LogP contribution in [0.5, 0.6) is 0 Å². The molecule has 5 heteroatoms. The van der Waals surface area contributed by atoms with E-state index in [1.165, 1.54) is 0 Å². The summed E-state index contributed by atoms with van der Waals surface area (Å²) in [5, 5.41) is 13.4. The van der Waals surface area contributed by atoms with Crippen LogP contribution in [0.2, 0.25) is 0 Å². The fourth-order valence-electron chi connectivity index (χ4n) is 1.89. The van der Waals surface area contributed by atoms with Gasteiger partial charge in [-0.3, -0.25) is 5.32 Å². The van der Waals surface area contributed by atoms with Crippen molar-refractivity contribution in [3.63, 3.8) is 0 Å². The third-order valence-corrected chi connectivity index (χ3v) is 3.71. The van der Waals surface area contributed by atoms with Crippen molar-refractivity contribution in [3.8, 4) is 6.07 Å². The average molecular weight is 267 g/mol. The van der Waals surface area contributed by atoms with E-state index in [1.807, 2.05) is 0 Å². The quantitative estimate of drug-likeness (QED) is 0.579. The van der Waals surface area contributed by atoms with Crippen LogP contribution in [0.15, 0.2) is 22.1 Å². The molecule has 1 aromatic heterocycles. The van der Waals surface area contributed by atoms with Gasteiger partial charge >= 0.3 is 0 Å². The van der Waals surface area contributed by atoms with Gasteiger partial charge in [-0.25, -0.2) is 4.98 Å². The van der Waals surface area contributed by atoms with Gasteiger partial charge in [0.05, 0.1) is 12.3 Å². The predicted octanol–water partition coefficient (Wildman–Crippen LogP) is 3.22. The molecule has 0 fully saturated rings. The van der Waals surface area contributed by atoms with Crippen LogP contribution in [-0.2, 0) is 0 Å². The van der Waals surface area contributed by atoms with Crippen molar-refractivity contribution >= 4 is 11.8 Å². The minimum atomic E-state index is -0.398. The van der Waals surface area contributed by atoms with E-state index in [0.717, 1.165) is 25.0 Å². The number of aromatic nitrogens is 1. The minimum Gasteiger partial charge on any atom is -0.440 e. The van der Waals surface area contributed by atoms with Crippen LogP contribution in [0, 0.1) is 11.3 Å². The molecule has 1 atom stereocenters. The molecule has 0 bridgehead atoms. The zero-order chi connectivity index (χ0) is 13.4. The molecule has 1 N–H and O–H groups in total. The molecule has 0 aliphatic carbocycles. The smallest absolute Gasteiger partial charge is 0.255 e. The Kier molecular flexibility index (Phi) is 6.23. The molecule has 0 aromatic carbocycles. The van der Waals surface area contributed by atoms with E-state index in [1.54, 1.807) is 24.2 Å². The molecule has 0 saturated heterocycles. The second-order valence-electron chi connectivity index (χ2n) is 4.60. The Hall–Kier alpha value is -0.990. The van der Waals surface area contributed by atoms with E-state index in [2.05, 4.69) is 37.1 Å². The molecule has 0 spiro atoms. The number of nitrogens with one attached hydrogen (secondary N) is 1. The molecule has 0 radical (unpaired) electrons. The van der Waals surface area contributed by atoms with E-state index >= 15 is 0 Å². The van der Waals surface area contributed by atoms with Gasteiger partial charge in [-0.2, -0.15) is 5.26 Å². The van der Waals surface area contributed by atoms with Gasteiger partial charge in [0.2, 0.25) is 0 Å². The molecule has 100 valence electrons. The van der Waals surface area contributed by atoms with Crippen LogP contribution in [0.1, 0.15) is 40.0 Å². The SMILES string of the molecule is CCC(C#N)(CCCSc1ncco1)NC(C)C. The van der Waals surface area contributed by atoms with Crippen LogP contribution in [0.3, 0.4) is 0 Å². The largest absolute Gasteiger partial charge is 0.440 e. The van der Waals surface area contributed by atoms with Crippen molar-refractivity contribution in [1.82, 2.24) is 10.3 Å². The lowest BCUT2D eigenvalue weighted by Gasteiger charge is -2.28. The Morgan fingerprint density at radius 3 is 2.89 bits per heavy atom. The van der Waals surface area contributed by atoms with Gasteiger partial charge in [0, 0.05) is 11.8 Å². The van der Waals surface area contributed by atoms with E-state index in [0.29, 0.717) is 11.3 Å². The average Bonchev–Trinajstić information content (AvgIpc) is 2.85. The summed E-state index contributed by atoms with van der Waals surface area (Å²) in [5.41, 5.74) is -0.398. The molecule has 1 heterocycles. The van der Waals surface area contributed by atoms with Crippen LogP contribution in [-0.4, -0.2) is 22.3 Å². The van der Waals surface area contributed by atoms with Crippen LogP contribution in [0.4, 0.5) is 0 Å². The molecule has 1 aromatic rings. The Morgan fingerprint density at radius 2 is 2.39 bits per heavy atom. The first-order chi connectivity index (χ1) is 8.62. The summed E-state index contributed by atoms with van der Waals surface area (Å²) >= 11 is 1.59. The van der Waals surface area contributed by atoms with Gasteiger partial charge in [0.25, 0.3) is 5.22 Å². The normalized spacial score (nSPS) is 14.4. The molecular formula is C13H21N3OS. The molecular weight excluding hydrogens is 246 g/mol. The summed E-state index contributed by atoms with van der Waals surface area (Å²) in [7, 11) is 0. The number of hydrogen-bond acceptors (Lipinski definition) is 5. The zero-order valence-corrected chi connectivity index (χ0v) is 12.1. The summed E-state index contributed by atoms with van der Waals surface area (Å²) < 4.78 is 5.15. The highest BCUT2D eigenvalue weighted by Gasteiger charge is 2.27. The van der Waals surface area contributed by atoms with Crippen molar-refractivity contribution in [2.45, 2.75) is 56.8 Å². The zero-order valence-electron chi connectivity index (χ0n) is 11.3. The molecule has 0 aliphatic rings. The molecule has 0 aliphatic heterocycles. The van der Waals surface area contributed by atoms with E-state index in [4.69, 9.17) is 4.42 Å². The fourth-order valence-corrected chi connectivity index (χ4v) is 2.61. The third kappa shape index (κ3) is 4.71. The topological polar surface area (TPSA) is 61.9 Å². The number of oxazole rings is 1. The first kappa shape index (κ1) is 15.1. The van der Waals surface area contributed by atoms with Gasteiger partial charge in [-0.05, 0) is 33.1 Å². The van der Waals surface area contributed by atoms with Gasteiger partial charge in [-0.1, -0.05) is 18.7 Å². The highest BCUT2D eigenvalue weighted by molar-refractivity contribution is 7.99. The highest BCUT2D eigenvalue weighted by Crippen LogP contribution is 2.22. The van der Waals surface area contributed by atoms with Crippen molar-refractivity contribution in [1.29, 1.82) is 5.26 Å². The van der Waals surface area contributed by atoms with Gasteiger partial charge in [0.15, 0.2) is 0 Å². The van der Waals surface area contributed by atoms with Gasteiger partial charge in [-0.15, -0.1) is 0 Å². The predicted molar refractivity (Wildman–Crippen MR) is 73.4 cm³/mol. The Bertz CT molecular complexity index is 372. The lowest BCUT2D eigenvalue weighted by molar-refractivity contribution is 0.341. The fraction of sp³-hybridized carbons (Fsp3) is 0.692. The molecule has 1 unspecified atom stereocenters. The number of nitriles is 1. The lowest BCUT2D eigenvalue weighted by Crippen LogP contribution is -2.47. The Balaban J connectivity index is 2.36. The minimum absolute atomic E-state index is 0.323. The first-order valence-electron chi connectivity index (χ1n) is 6.33. The number of nitrogens with zero attached hydrogens (tertiary/aromatic N) is 2. The van der Waals surface area contributed by atoms with Crippen LogP contribution >= 0.6 is 11.8 Å². The van der Waals surface area contributed by atoms with Crippen molar-refractivity contribution in [2.24, 2.45) is 0 Å². The number of hydrogen-bond donors (Lipinski definition) is 1. The van der Waals surface area contributed by atoms with Crippen molar-refractivity contribution < 1.29 is 4.42 Å². The van der Waals surface area contributed by atoms with Gasteiger partial charge in [0.1, 0.15) is 11.8 Å². The first-order valence-corrected chi connectivity index (χ1v) is 7.31. The van der Waals surface area contributed by atoms with Crippen molar-refractivity contribution in [2.75, 3.05) is 5.75 Å². The Labute approximate surface area is 113 Å². The highest BCUT2D eigenvalue weighted by atomic mass is 32.2. The molecule has 18 heavy (non-hydrogen) atoms. The van der Waals surface area contributed by atoms with Crippen LogP contribution < -0.4 is 5.32 Å². The third-order valence-electron chi connectivity index (χ3n) is 2.77. The summed E-state index contributed by atoms with van der Waals surface area (Å²) in [6.45, 7) is 6.20. The maximum absolute atomic E-state index is 9.36. The standard InChI is InChI=1S/C13H21N3OS/c1-4-13(10-14,16-11(2)3)6-5-9-18-12-15-7-8-17-12/h7-8,11,16H,4-6,9H2,1-3H3. The monoisotopic (exact) mass is 267 g/mol. The summed E-state index contributed by atoms with van der Waals surface area (Å²) in [6.07, 6.45) is 5.87. The second-order valence-corrected chi connectivity index (χ2v) is 5.64. The molecule has 1 rings (SSSR count). The second kappa shape index (κ2) is 7.45. The maximum Gasteiger partial charge on any atom is 0.255 e. The Morgan fingerprint density at radius 1 is 1.61 bits per heavy atom. The molecule has 0 amide bonds. The molecule has 4 nitrogen and oxygen atoms in total. The number of thioether (sulfide) groups is 1. The van der Waals surface area contributed by atoms with Gasteiger partial charge < -0.3 is 4.42 Å². The summed E-state index contributed by atoms with van der Waals surface area (Å²) in [4.78, 5) is 4.05. The molecule has 0 saturated carbocycles. The maximum atomic E-state index is 9.36. The number of rotatable bonds is 8.